The summed E-state index contributed by atoms with van der Waals surface area (Å²) in [5, 5.41) is 2.36. The second-order valence-electron chi connectivity index (χ2n) is 5.61. The Morgan fingerprint density at radius 2 is 2.04 bits per heavy atom. The number of hydrogen-bond acceptors (Lipinski definition) is 5. The first-order valence-electron chi connectivity index (χ1n) is 7.88. The maximum atomic E-state index is 13.0. The van der Waals surface area contributed by atoms with Crippen LogP contribution in [0.4, 0.5) is 24.8 Å². The van der Waals surface area contributed by atoms with Gasteiger partial charge >= 0.3 is 11.0 Å². The summed E-state index contributed by atoms with van der Waals surface area (Å²) in [5.41, 5.74) is 0.506. The van der Waals surface area contributed by atoms with Crippen LogP contribution in [0, 0.1) is 6.92 Å². The molecule has 2 heterocycles. The summed E-state index contributed by atoms with van der Waals surface area (Å²) in [6, 6.07) is 5.11. The van der Waals surface area contributed by atoms with Gasteiger partial charge in [-0.1, -0.05) is 22.9 Å². The van der Waals surface area contributed by atoms with Crippen LogP contribution < -0.4 is 10.2 Å². The van der Waals surface area contributed by atoms with Gasteiger partial charge in [0.05, 0.1) is 21.2 Å². The van der Waals surface area contributed by atoms with Crippen LogP contribution in [0.25, 0.3) is 10.6 Å². The third-order valence-electron chi connectivity index (χ3n) is 3.88. The van der Waals surface area contributed by atoms with Crippen molar-refractivity contribution >= 4 is 34.6 Å². The summed E-state index contributed by atoms with van der Waals surface area (Å²) in [7, 11) is 0. The minimum atomic E-state index is -4.57. The predicted molar refractivity (Wildman–Crippen MR) is 99.8 cm³/mol. The van der Waals surface area contributed by atoms with Crippen molar-refractivity contribution in [3.63, 3.8) is 0 Å². The zero-order valence-electron chi connectivity index (χ0n) is 14.3. The van der Waals surface area contributed by atoms with Crippen molar-refractivity contribution in [2.24, 2.45) is 0 Å². The first kappa shape index (κ1) is 19.4. The minimum Gasteiger partial charge on any atom is -0.324 e. The highest BCUT2D eigenvalue weighted by atomic mass is 35.5. The van der Waals surface area contributed by atoms with E-state index in [1.54, 1.807) is 10.6 Å². The summed E-state index contributed by atoms with van der Waals surface area (Å²) in [4.78, 5) is 21.0. The van der Waals surface area contributed by atoms with Crippen LogP contribution in [-0.4, -0.2) is 14.5 Å². The van der Waals surface area contributed by atoms with E-state index in [2.05, 4.69) is 15.3 Å². The Labute approximate surface area is 161 Å². The number of hydrogen-bond donors (Lipinski definition) is 1. The Kier molecular flexibility index (Phi) is 5.25. The van der Waals surface area contributed by atoms with Gasteiger partial charge in [0.1, 0.15) is 0 Å². The number of anilines is 2. The number of aromatic nitrogens is 3. The van der Waals surface area contributed by atoms with Gasteiger partial charge in [0, 0.05) is 24.1 Å². The van der Waals surface area contributed by atoms with Crippen molar-refractivity contribution in [1.82, 2.24) is 14.5 Å². The summed E-state index contributed by atoms with van der Waals surface area (Å²) >= 11 is 6.69. The lowest BCUT2D eigenvalue weighted by Gasteiger charge is -2.12. The highest BCUT2D eigenvalue weighted by Crippen LogP contribution is 2.36. The summed E-state index contributed by atoms with van der Waals surface area (Å²) in [5.74, 6) is 0.117. The molecule has 1 N–H and O–H groups in total. The van der Waals surface area contributed by atoms with Crippen molar-refractivity contribution in [3.05, 3.63) is 56.4 Å². The minimum absolute atomic E-state index is 0.0920. The third kappa shape index (κ3) is 3.98. The van der Waals surface area contributed by atoms with Crippen LogP contribution in [0.2, 0.25) is 5.02 Å². The van der Waals surface area contributed by atoms with Gasteiger partial charge in [0.25, 0.3) is 0 Å². The van der Waals surface area contributed by atoms with E-state index in [1.165, 1.54) is 12.3 Å². The van der Waals surface area contributed by atoms with Crippen molar-refractivity contribution in [2.45, 2.75) is 26.6 Å². The first-order valence-corrected chi connectivity index (χ1v) is 9.07. The first-order chi connectivity index (χ1) is 12.7. The van der Waals surface area contributed by atoms with Crippen LogP contribution in [-0.2, 0) is 12.7 Å². The van der Waals surface area contributed by atoms with Gasteiger partial charge in [-0.25, -0.2) is 9.97 Å². The molecule has 0 saturated heterocycles. The van der Waals surface area contributed by atoms with E-state index in [0.29, 0.717) is 17.1 Å². The van der Waals surface area contributed by atoms with Crippen molar-refractivity contribution in [3.8, 4) is 10.6 Å². The average molecular weight is 415 g/mol. The van der Waals surface area contributed by atoms with Crippen molar-refractivity contribution < 1.29 is 13.2 Å². The summed E-state index contributed by atoms with van der Waals surface area (Å²) < 4.78 is 40.6. The molecule has 142 valence electrons. The molecule has 0 aliphatic rings. The van der Waals surface area contributed by atoms with Crippen LogP contribution >= 0.6 is 22.9 Å². The molecular formula is C17H14ClF3N4OS. The Morgan fingerprint density at radius 1 is 1.30 bits per heavy atom. The van der Waals surface area contributed by atoms with E-state index in [-0.39, 0.29) is 21.5 Å². The molecule has 10 heteroatoms. The molecule has 0 spiro atoms. The molecule has 0 aliphatic heterocycles. The van der Waals surface area contributed by atoms with E-state index in [4.69, 9.17) is 11.6 Å². The fraction of sp³-hybridized carbons (Fsp3) is 0.235. The molecule has 0 bridgehead atoms. The van der Waals surface area contributed by atoms with Gasteiger partial charge in [-0.05, 0) is 38.1 Å². The molecule has 2 aromatic heterocycles. The molecule has 0 fully saturated rings. The van der Waals surface area contributed by atoms with E-state index >= 15 is 0 Å². The SMILES string of the molecule is CCn1c(C)c(-c2ccnc(Nc3ccc(Cl)c(C(F)(F)F)c3)n2)sc1=O. The highest BCUT2D eigenvalue weighted by molar-refractivity contribution is 7.13. The molecule has 27 heavy (non-hydrogen) atoms. The topological polar surface area (TPSA) is 59.8 Å². The normalized spacial score (nSPS) is 11.6. The molecule has 0 aliphatic carbocycles. The lowest BCUT2D eigenvalue weighted by molar-refractivity contribution is -0.137. The molecule has 0 unspecified atom stereocenters. The molecule has 0 atom stereocenters. The average Bonchev–Trinajstić information content (AvgIpc) is 2.89. The quantitative estimate of drug-likeness (QED) is 0.644. The lowest BCUT2D eigenvalue weighted by atomic mass is 10.2. The second-order valence-corrected chi connectivity index (χ2v) is 6.98. The maximum Gasteiger partial charge on any atom is 0.417 e. The van der Waals surface area contributed by atoms with Gasteiger partial charge in [0.15, 0.2) is 0 Å². The van der Waals surface area contributed by atoms with Crippen molar-refractivity contribution in [1.29, 1.82) is 0 Å². The van der Waals surface area contributed by atoms with Crippen LogP contribution in [0.15, 0.2) is 35.3 Å². The molecule has 0 radical (unpaired) electrons. The number of thiazole rings is 1. The summed E-state index contributed by atoms with van der Waals surface area (Å²) in [6.07, 6.45) is -3.09. The predicted octanol–water partition coefficient (Wildman–Crippen LogP) is 5.11. The molecular weight excluding hydrogens is 401 g/mol. The van der Waals surface area contributed by atoms with Crippen LogP contribution in [0.3, 0.4) is 0 Å². The molecule has 0 saturated carbocycles. The Hall–Kier alpha value is -2.39. The number of nitrogens with zero attached hydrogens (tertiary/aromatic N) is 3. The van der Waals surface area contributed by atoms with Gasteiger partial charge in [-0.2, -0.15) is 13.2 Å². The van der Waals surface area contributed by atoms with Gasteiger partial charge in [-0.3, -0.25) is 4.79 Å². The van der Waals surface area contributed by atoms with E-state index in [0.717, 1.165) is 29.2 Å². The van der Waals surface area contributed by atoms with Crippen LogP contribution in [0.1, 0.15) is 18.2 Å². The molecule has 1 aromatic carbocycles. The van der Waals surface area contributed by atoms with Crippen molar-refractivity contribution in [2.75, 3.05) is 5.32 Å². The Morgan fingerprint density at radius 3 is 2.67 bits per heavy atom. The second kappa shape index (κ2) is 7.32. The zero-order valence-corrected chi connectivity index (χ0v) is 15.8. The van der Waals surface area contributed by atoms with Gasteiger partial charge in [-0.15, -0.1) is 0 Å². The largest absolute Gasteiger partial charge is 0.417 e. The molecule has 0 amide bonds. The number of halogens is 4. The van der Waals surface area contributed by atoms with E-state index < -0.39 is 11.7 Å². The molecule has 5 nitrogen and oxygen atoms in total. The lowest BCUT2D eigenvalue weighted by Crippen LogP contribution is -2.12. The number of alkyl halides is 3. The number of rotatable bonds is 4. The monoisotopic (exact) mass is 414 g/mol. The third-order valence-corrected chi connectivity index (χ3v) is 5.31. The van der Waals surface area contributed by atoms with Crippen LogP contribution in [0.5, 0.6) is 0 Å². The summed E-state index contributed by atoms with van der Waals surface area (Å²) in [6.45, 7) is 4.24. The number of benzene rings is 1. The van der Waals surface area contributed by atoms with E-state index in [1.807, 2.05) is 13.8 Å². The fourth-order valence-corrected chi connectivity index (χ4v) is 3.83. The fourth-order valence-electron chi connectivity index (χ4n) is 2.57. The highest BCUT2D eigenvalue weighted by Gasteiger charge is 2.33. The number of nitrogens with one attached hydrogen (secondary N) is 1. The smallest absolute Gasteiger partial charge is 0.324 e. The Balaban J connectivity index is 1.95. The maximum absolute atomic E-state index is 13.0. The van der Waals surface area contributed by atoms with Gasteiger partial charge in [0.2, 0.25) is 5.95 Å². The molecule has 3 rings (SSSR count). The van der Waals surface area contributed by atoms with E-state index in [9.17, 15) is 18.0 Å². The van der Waals surface area contributed by atoms with Gasteiger partial charge < -0.3 is 9.88 Å². The zero-order chi connectivity index (χ0) is 19.8. The molecule has 3 aromatic rings. The Bertz CT molecular complexity index is 1050. The standard InChI is InChI=1S/C17H14ClF3N4OS/c1-3-25-9(2)14(27-16(25)26)13-6-7-22-15(24-13)23-10-4-5-12(18)11(8-10)17(19,20)21/h4-8H,3H2,1-2H3,(H,22,23,24).